The minimum atomic E-state index is -0.895. The Morgan fingerprint density at radius 2 is 1.27 bits per heavy atom. The summed E-state index contributed by atoms with van der Waals surface area (Å²) < 4.78 is 14.9. The van der Waals surface area contributed by atoms with E-state index >= 15 is 0 Å². The van der Waals surface area contributed by atoms with Crippen LogP contribution in [0, 0.1) is 24.6 Å². The molecule has 2 amide bonds. The number of ketones is 2. The quantitative estimate of drug-likeness (QED) is 0.452. The number of amides is 2. The number of hydrogen-bond acceptors (Lipinski definition) is 6. The Hall–Kier alpha value is -4.24. The number of rotatable bonds is 5. The summed E-state index contributed by atoms with van der Waals surface area (Å²) in [4.78, 5) is 47.6. The number of aromatic hydroxyl groups is 2. The average Bonchev–Trinajstić information content (AvgIpc) is 2.97. The Morgan fingerprint density at radius 3 is 1.78 bits per heavy atom. The van der Waals surface area contributed by atoms with Crippen molar-refractivity contribution in [1.29, 1.82) is 0 Å². The fraction of sp³-hybridized carbons (Fsp3) is 0.344. The minimum Gasteiger partial charge on any atom is -0.508 e. The minimum absolute atomic E-state index is 0.0318. The molecule has 0 aromatic heterocycles. The van der Waals surface area contributed by atoms with Crippen molar-refractivity contribution in [3.8, 4) is 11.5 Å². The third-order valence-electron chi connectivity index (χ3n) is 8.35. The molecule has 214 valence electrons. The Bertz CT molecular complexity index is 1400. The van der Waals surface area contributed by atoms with Crippen molar-refractivity contribution in [1.82, 2.24) is 14.7 Å². The van der Waals surface area contributed by atoms with Crippen LogP contribution in [0.3, 0.4) is 0 Å². The predicted molar refractivity (Wildman–Crippen MR) is 152 cm³/mol. The van der Waals surface area contributed by atoms with Gasteiger partial charge in [-0.15, -0.1) is 0 Å². The van der Waals surface area contributed by atoms with E-state index < -0.39 is 23.6 Å². The van der Waals surface area contributed by atoms with E-state index in [2.05, 4.69) is 4.90 Å². The van der Waals surface area contributed by atoms with Crippen LogP contribution < -0.4 is 0 Å². The van der Waals surface area contributed by atoms with E-state index in [1.165, 1.54) is 30.3 Å². The van der Waals surface area contributed by atoms with Gasteiger partial charge in [0.25, 0.3) is 0 Å². The molecule has 0 unspecified atom stereocenters. The number of halogens is 1. The molecular weight excluding hydrogens is 525 g/mol. The molecule has 41 heavy (non-hydrogen) atoms. The summed E-state index contributed by atoms with van der Waals surface area (Å²) in [5, 5.41) is 20.2. The van der Waals surface area contributed by atoms with Gasteiger partial charge in [-0.05, 0) is 55.4 Å². The number of Topliss-reactive ketones (excluding diaryl/α,β-unsaturated/α-hetero) is 2. The number of nitrogens with zero attached hydrogens (tertiary/aromatic N) is 3. The van der Waals surface area contributed by atoms with Crippen LogP contribution in [0.1, 0.15) is 37.8 Å². The molecule has 0 spiro atoms. The lowest BCUT2D eigenvalue weighted by molar-refractivity contribution is 0.0561. The van der Waals surface area contributed by atoms with Gasteiger partial charge in [0.1, 0.15) is 17.3 Å². The van der Waals surface area contributed by atoms with Crippen LogP contribution in [-0.2, 0) is 0 Å². The molecule has 9 heteroatoms. The molecule has 3 aromatic rings. The highest BCUT2D eigenvalue weighted by molar-refractivity contribution is 6.03. The number of likely N-dealkylation sites (N-methyl/N-ethyl adjacent to an activating group) is 1. The number of piperazine rings is 1. The third kappa shape index (κ3) is 5.81. The summed E-state index contributed by atoms with van der Waals surface area (Å²) in [6, 6.07) is 16.3. The number of carbonyl (C=O) groups is 3. The van der Waals surface area contributed by atoms with E-state index in [1.807, 2.05) is 7.05 Å². The van der Waals surface area contributed by atoms with Gasteiger partial charge in [0.05, 0.1) is 0 Å². The van der Waals surface area contributed by atoms with Crippen LogP contribution in [0.5, 0.6) is 11.5 Å². The van der Waals surface area contributed by atoms with E-state index in [-0.39, 0.29) is 53.3 Å². The smallest absolute Gasteiger partial charge is 0.320 e. The summed E-state index contributed by atoms with van der Waals surface area (Å²) in [7, 11) is 1.99. The predicted octanol–water partition coefficient (Wildman–Crippen LogP) is 4.31. The van der Waals surface area contributed by atoms with Crippen LogP contribution in [0.15, 0.2) is 66.7 Å². The van der Waals surface area contributed by atoms with E-state index in [0.717, 1.165) is 0 Å². The van der Waals surface area contributed by atoms with Crippen LogP contribution in [0.2, 0.25) is 0 Å². The van der Waals surface area contributed by atoms with Gasteiger partial charge in [0, 0.05) is 68.1 Å². The first-order valence-corrected chi connectivity index (χ1v) is 13.8. The summed E-state index contributed by atoms with van der Waals surface area (Å²) in [6.45, 7) is 4.15. The monoisotopic (exact) mass is 559 g/mol. The second-order valence-corrected chi connectivity index (χ2v) is 11.0. The van der Waals surface area contributed by atoms with Gasteiger partial charge in [0.15, 0.2) is 11.6 Å². The fourth-order valence-corrected chi connectivity index (χ4v) is 6.07. The Labute approximate surface area is 238 Å². The molecule has 3 atom stereocenters. The molecule has 3 aromatic carbocycles. The first-order valence-electron chi connectivity index (χ1n) is 13.8. The highest BCUT2D eigenvalue weighted by atomic mass is 19.1. The molecule has 2 N–H and O–H groups in total. The van der Waals surface area contributed by atoms with Gasteiger partial charge < -0.3 is 24.9 Å². The highest BCUT2D eigenvalue weighted by Gasteiger charge is 2.47. The van der Waals surface area contributed by atoms with Crippen LogP contribution in [0.4, 0.5) is 9.18 Å². The molecule has 5 rings (SSSR count). The molecule has 2 aliphatic heterocycles. The number of phenolic OH excluding ortho intramolecular Hbond substituents is 2. The number of likely N-dealkylation sites (tertiary alicyclic amines) is 1. The van der Waals surface area contributed by atoms with Gasteiger partial charge >= 0.3 is 6.03 Å². The number of phenols is 2. The zero-order valence-corrected chi connectivity index (χ0v) is 23.2. The molecule has 2 heterocycles. The maximum absolute atomic E-state index is 14.9. The van der Waals surface area contributed by atoms with Crippen molar-refractivity contribution in [2.24, 2.45) is 11.8 Å². The van der Waals surface area contributed by atoms with Gasteiger partial charge in [-0.25, -0.2) is 9.18 Å². The molecule has 0 bridgehead atoms. The number of benzene rings is 3. The summed E-state index contributed by atoms with van der Waals surface area (Å²) >= 11 is 0. The van der Waals surface area contributed by atoms with E-state index in [4.69, 9.17) is 0 Å². The molecule has 0 saturated carbocycles. The normalized spacial score (nSPS) is 21.5. The van der Waals surface area contributed by atoms with Gasteiger partial charge in [-0.2, -0.15) is 0 Å². The van der Waals surface area contributed by atoms with Gasteiger partial charge in [-0.3, -0.25) is 9.59 Å². The maximum Gasteiger partial charge on any atom is 0.320 e. The topological polar surface area (TPSA) is 101 Å². The lowest BCUT2D eigenvalue weighted by Crippen LogP contribution is -2.58. The first-order chi connectivity index (χ1) is 19.6. The summed E-state index contributed by atoms with van der Waals surface area (Å²) in [5.41, 5.74) is 1.34. The molecule has 2 aliphatic rings. The third-order valence-corrected chi connectivity index (χ3v) is 8.35. The summed E-state index contributed by atoms with van der Waals surface area (Å²) in [5.74, 6) is -3.86. The first kappa shape index (κ1) is 28.3. The average molecular weight is 560 g/mol. The summed E-state index contributed by atoms with van der Waals surface area (Å²) in [6.07, 6.45) is 0. The van der Waals surface area contributed by atoms with E-state index in [9.17, 15) is 29.0 Å². The van der Waals surface area contributed by atoms with Crippen LogP contribution >= 0.6 is 0 Å². The lowest BCUT2D eigenvalue weighted by Gasteiger charge is -2.45. The van der Waals surface area contributed by atoms with Crippen molar-refractivity contribution in [3.05, 3.63) is 94.8 Å². The second-order valence-electron chi connectivity index (χ2n) is 11.0. The molecule has 2 saturated heterocycles. The molecule has 2 fully saturated rings. The Balaban J connectivity index is 1.63. The van der Waals surface area contributed by atoms with Crippen molar-refractivity contribution in [2.45, 2.75) is 12.8 Å². The largest absolute Gasteiger partial charge is 0.508 e. The number of piperidine rings is 1. The SMILES string of the molecule is Cc1c(F)cccc1[C@@H]1[C@@H](C(=O)c2cccc(O)c2)CN(C(=O)N2CCN(C)CC2)C[C@H]1C(=O)c1cccc(O)c1. The van der Waals surface area contributed by atoms with Crippen LogP contribution in [-0.4, -0.2) is 88.8 Å². The Morgan fingerprint density at radius 1 is 0.756 bits per heavy atom. The number of carbonyl (C=O) groups excluding carboxylic acids is 3. The highest BCUT2D eigenvalue weighted by Crippen LogP contribution is 2.43. The van der Waals surface area contributed by atoms with E-state index in [0.29, 0.717) is 37.3 Å². The van der Waals surface area contributed by atoms with Crippen molar-refractivity contribution >= 4 is 17.6 Å². The van der Waals surface area contributed by atoms with Gasteiger partial charge in [0.2, 0.25) is 0 Å². The zero-order valence-electron chi connectivity index (χ0n) is 23.2. The van der Waals surface area contributed by atoms with Crippen LogP contribution in [0.25, 0.3) is 0 Å². The van der Waals surface area contributed by atoms with Crippen molar-refractivity contribution < 1.29 is 29.0 Å². The van der Waals surface area contributed by atoms with Crippen molar-refractivity contribution in [2.75, 3.05) is 46.3 Å². The lowest BCUT2D eigenvalue weighted by atomic mass is 9.68. The van der Waals surface area contributed by atoms with Gasteiger partial charge in [-0.1, -0.05) is 36.4 Å². The molecule has 0 radical (unpaired) electrons. The Kier molecular flexibility index (Phi) is 8.08. The molecular formula is C32H34FN3O5. The number of hydrogen-bond donors (Lipinski definition) is 2. The standard InChI is InChI=1S/C32H34FN3O5/c1-20-25(10-5-11-28(20)33)29-26(30(39)21-6-3-8-23(37)16-21)18-36(32(41)35-14-12-34(2)13-15-35)19-27(29)31(40)22-7-4-9-24(38)17-22/h3-11,16-17,26-27,29,37-38H,12-15,18-19H2,1-2H3/t26-,27+,29+. The number of urea groups is 1. The molecule has 8 nitrogen and oxygen atoms in total. The van der Waals surface area contributed by atoms with Crippen molar-refractivity contribution in [3.63, 3.8) is 0 Å². The molecule has 0 aliphatic carbocycles. The maximum atomic E-state index is 14.9. The fourth-order valence-electron chi connectivity index (χ4n) is 6.07. The second kappa shape index (κ2) is 11.7. The van der Waals surface area contributed by atoms with E-state index in [1.54, 1.807) is 53.1 Å². The zero-order chi connectivity index (χ0) is 29.3.